The minimum atomic E-state index is -3.11. The smallest absolute Gasteiger partial charge is 0.175 e. The monoisotopic (exact) mass is 309 g/mol. The van der Waals surface area contributed by atoms with E-state index in [0.29, 0.717) is 4.90 Å². The van der Waals surface area contributed by atoms with Gasteiger partial charge in [-0.3, -0.25) is 0 Å². The minimum Gasteiger partial charge on any atom is -0.310 e. The van der Waals surface area contributed by atoms with Crippen molar-refractivity contribution in [1.29, 1.82) is 0 Å². The maximum Gasteiger partial charge on any atom is 0.175 e. The fourth-order valence-corrected chi connectivity index (χ4v) is 3.33. The first-order chi connectivity index (χ1) is 9.47. The van der Waals surface area contributed by atoms with Crippen LogP contribution in [0, 0.1) is 0 Å². The van der Waals surface area contributed by atoms with Gasteiger partial charge in [-0.1, -0.05) is 18.2 Å². The fourth-order valence-electron chi connectivity index (χ4n) is 1.99. The SMILES string of the molecule is CC(NCCc1cccs1)c1ccc(S(C)(=O)=O)cc1. The third-order valence-electron chi connectivity index (χ3n) is 3.21. The first-order valence-corrected chi connectivity index (χ1v) is 9.30. The average Bonchev–Trinajstić information content (AvgIpc) is 2.91. The van der Waals surface area contributed by atoms with Crippen LogP contribution in [0.3, 0.4) is 0 Å². The predicted octanol–water partition coefficient (Wildman–Crippen LogP) is 3.04. The number of thiophene rings is 1. The molecule has 2 rings (SSSR count). The second-order valence-corrected chi connectivity index (χ2v) is 7.89. The Balaban J connectivity index is 1.90. The molecule has 20 heavy (non-hydrogen) atoms. The Morgan fingerprint density at radius 2 is 1.90 bits per heavy atom. The minimum absolute atomic E-state index is 0.212. The Kier molecular flexibility index (Phi) is 4.96. The maximum atomic E-state index is 11.4. The van der Waals surface area contributed by atoms with Crippen LogP contribution >= 0.6 is 11.3 Å². The molecular formula is C15H19NO2S2. The lowest BCUT2D eigenvalue weighted by Crippen LogP contribution is -2.21. The first kappa shape index (κ1) is 15.2. The van der Waals surface area contributed by atoms with Crippen molar-refractivity contribution in [3.63, 3.8) is 0 Å². The quantitative estimate of drug-likeness (QED) is 0.892. The molecule has 0 aliphatic carbocycles. The van der Waals surface area contributed by atoms with Gasteiger partial charge in [0, 0.05) is 23.7 Å². The van der Waals surface area contributed by atoms with Gasteiger partial charge >= 0.3 is 0 Å². The highest BCUT2D eigenvalue weighted by atomic mass is 32.2. The van der Waals surface area contributed by atoms with Gasteiger partial charge in [-0.05, 0) is 42.5 Å². The average molecular weight is 309 g/mol. The third kappa shape index (κ3) is 4.16. The predicted molar refractivity (Wildman–Crippen MR) is 84.0 cm³/mol. The molecule has 0 saturated heterocycles. The van der Waals surface area contributed by atoms with E-state index in [1.165, 1.54) is 11.1 Å². The molecule has 0 radical (unpaired) electrons. The molecule has 1 unspecified atom stereocenters. The molecule has 108 valence electrons. The van der Waals surface area contributed by atoms with Gasteiger partial charge in [0.2, 0.25) is 0 Å². The molecule has 5 heteroatoms. The zero-order valence-corrected chi connectivity index (χ0v) is 13.3. The number of benzene rings is 1. The summed E-state index contributed by atoms with van der Waals surface area (Å²) >= 11 is 1.77. The summed E-state index contributed by atoms with van der Waals surface area (Å²) in [6.07, 6.45) is 2.24. The standard InChI is InChI=1S/C15H19NO2S2/c1-12(16-10-9-14-4-3-11-19-14)13-5-7-15(8-6-13)20(2,17)18/h3-8,11-12,16H,9-10H2,1-2H3. The number of hydrogen-bond acceptors (Lipinski definition) is 4. The van der Waals surface area contributed by atoms with Crippen molar-refractivity contribution in [2.75, 3.05) is 12.8 Å². The molecular weight excluding hydrogens is 290 g/mol. The Labute approximate surface area is 124 Å². The summed E-state index contributed by atoms with van der Waals surface area (Å²) in [5, 5.41) is 5.54. The topological polar surface area (TPSA) is 46.2 Å². The van der Waals surface area contributed by atoms with Crippen molar-refractivity contribution in [2.45, 2.75) is 24.3 Å². The van der Waals surface area contributed by atoms with E-state index < -0.39 is 9.84 Å². The van der Waals surface area contributed by atoms with Crippen LogP contribution in [0.15, 0.2) is 46.7 Å². The second-order valence-electron chi connectivity index (χ2n) is 4.85. The number of sulfone groups is 1. The van der Waals surface area contributed by atoms with Crippen molar-refractivity contribution in [2.24, 2.45) is 0 Å². The Morgan fingerprint density at radius 3 is 2.45 bits per heavy atom. The van der Waals surface area contributed by atoms with Crippen LogP contribution in [-0.2, 0) is 16.3 Å². The molecule has 0 bridgehead atoms. The summed E-state index contributed by atoms with van der Waals surface area (Å²) in [7, 11) is -3.11. The Bertz CT molecular complexity index is 631. The summed E-state index contributed by atoms with van der Waals surface area (Å²) in [4.78, 5) is 1.74. The molecule has 1 heterocycles. The summed E-state index contributed by atoms with van der Waals surface area (Å²) in [6.45, 7) is 3.00. The van der Waals surface area contributed by atoms with E-state index in [0.717, 1.165) is 18.5 Å². The summed E-state index contributed by atoms with van der Waals surface area (Å²) in [6, 6.07) is 11.5. The Morgan fingerprint density at radius 1 is 1.20 bits per heavy atom. The van der Waals surface area contributed by atoms with Gasteiger partial charge in [0.25, 0.3) is 0 Å². The van der Waals surface area contributed by atoms with E-state index in [-0.39, 0.29) is 6.04 Å². The highest BCUT2D eigenvalue weighted by Crippen LogP contribution is 2.16. The van der Waals surface area contributed by atoms with Crippen molar-refractivity contribution < 1.29 is 8.42 Å². The highest BCUT2D eigenvalue weighted by molar-refractivity contribution is 7.90. The zero-order chi connectivity index (χ0) is 14.6. The van der Waals surface area contributed by atoms with Gasteiger partial charge in [0.05, 0.1) is 4.90 Å². The number of rotatable bonds is 6. The van der Waals surface area contributed by atoms with Crippen LogP contribution in [0.4, 0.5) is 0 Å². The van der Waals surface area contributed by atoms with Crippen LogP contribution in [0.5, 0.6) is 0 Å². The van der Waals surface area contributed by atoms with Gasteiger partial charge in [0.1, 0.15) is 0 Å². The first-order valence-electron chi connectivity index (χ1n) is 6.52. The fraction of sp³-hybridized carbons (Fsp3) is 0.333. The van der Waals surface area contributed by atoms with Crippen LogP contribution in [0.1, 0.15) is 23.4 Å². The largest absolute Gasteiger partial charge is 0.310 e. The molecule has 1 aromatic heterocycles. The molecule has 1 N–H and O–H groups in total. The van der Waals surface area contributed by atoms with E-state index >= 15 is 0 Å². The summed E-state index contributed by atoms with van der Waals surface area (Å²) < 4.78 is 22.8. The van der Waals surface area contributed by atoms with Gasteiger partial charge in [-0.15, -0.1) is 11.3 Å². The molecule has 1 atom stereocenters. The van der Waals surface area contributed by atoms with Crippen molar-refractivity contribution >= 4 is 21.2 Å². The van der Waals surface area contributed by atoms with Crippen molar-refractivity contribution in [3.05, 3.63) is 52.2 Å². The molecule has 0 aliphatic heterocycles. The molecule has 2 aromatic rings. The third-order valence-corrected chi connectivity index (χ3v) is 5.27. The molecule has 0 aliphatic rings. The van der Waals surface area contributed by atoms with Gasteiger partial charge in [-0.25, -0.2) is 8.42 Å². The van der Waals surface area contributed by atoms with E-state index in [4.69, 9.17) is 0 Å². The Hall–Kier alpha value is -1.17. The van der Waals surface area contributed by atoms with Gasteiger partial charge in [-0.2, -0.15) is 0 Å². The number of nitrogens with one attached hydrogen (secondary N) is 1. The van der Waals surface area contributed by atoms with E-state index in [1.54, 1.807) is 23.5 Å². The van der Waals surface area contributed by atoms with E-state index in [2.05, 4.69) is 29.8 Å². The lowest BCUT2D eigenvalue weighted by Gasteiger charge is -2.14. The second kappa shape index (κ2) is 6.52. The van der Waals surface area contributed by atoms with Crippen molar-refractivity contribution in [1.82, 2.24) is 5.32 Å². The summed E-state index contributed by atoms with van der Waals surface area (Å²) in [5.74, 6) is 0. The molecule has 0 amide bonds. The molecule has 1 aromatic carbocycles. The molecule has 0 fully saturated rings. The van der Waals surface area contributed by atoms with E-state index in [9.17, 15) is 8.42 Å². The maximum absolute atomic E-state index is 11.4. The van der Waals surface area contributed by atoms with E-state index in [1.807, 2.05) is 12.1 Å². The van der Waals surface area contributed by atoms with Crippen LogP contribution < -0.4 is 5.32 Å². The van der Waals surface area contributed by atoms with Gasteiger partial charge in [0.15, 0.2) is 9.84 Å². The zero-order valence-electron chi connectivity index (χ0n) is 11.7. The van der Waals surface area contributed by atoms with Crippen LogP contribution in [0.2, 0.25) is 0 Å². The lowest BCUT2D eigenvalue weighted by atomic mass is 10.1. The van der Waals surface area contributed by atoms with Crippen LogP contribution in [0.25, 0.3) is 0 Å². The van der Waals surface area contributed by atoms with Crippen molar-refractivity contribution in [3.8, 4) is 0 Å². The normalized spacial score (nSPS) is 13.3. The lowest BCUT2D eigenvalue weighted by molar-refractivity contribution is 0.577. The number of hydrogen-bond donors (Lipinski definition) is 1. The highest BCUT2D eigenvalue weighted by Gasteiger charge is 2.09. The van der Waals surface area contributed by atoms with Crippen LogP contribution in [-0.4, -0.2) is 21.2 Å². The molecule has 0 spiro atoms. The van der Waals surface area contributed by atoms with Gasteiger partial charge < -0.3 is 5.32 Å². The molecule has 3 nitrogen and oxygen atoms in total. The summed E-state index contributed by atoms with van der Waals surface area (Å²) in [5.41, 5.74) is 1.10. The molecule has 0 saturated carbocycles.